The Kier molecular flexibility index (Phi) is 3.08. The topological polar surface area (TPSA) is 112 Å². The van der Waals surface area contributed by atoms with Crippen LogP contribution in [0.1, 0.15) is 20.7 Å². The highest BCUT2D eigenvalue weighted by atomic mass is 16.2. The minimum absolute atomic E-state index is 0.00663. The second-order valence-electron chi connectivity index (χ2n) is 5.73. The standard InChI is InChI=1S/C17H13N5O3/c1-21-8-10(7-19-21)9-3-2-4-11(5-9)22-13(23)6-12-14(15(22)18)17(25)20-16(12)24/h2-8H,18H2,1H3,(H,20,24,25). The number of carbonyl (C=O) groups is 2. The number of carbonyl (C=O) groups excluding carboxylic acids is 2. The van der Waals surface area contributed by atoms with Crippen LogP contribution >= 0.6 is 0 Å². The van der Waals surface area contributed by atoms with E-state index in [0.717, 1.165) is 17.2 Å². The summed E-state index contributed by atoms with van der Waals surface area (Å²) < 4.78 is 2.89. The maximum absolute atomic E-state index is 12.5. The van der Waals surface area contributed by atoms with Crippen molar-refractivity contribution in [3.05, 3.63) is 64.2 Å². The maximum atomic E-state index is 12.5. The predicted octanol–water partition coefficient (Wildman–Crippen LogP) is 0.704. The lowest BCUT2D eigenvalue weighted by Crippen LogP contribution is -2.24. The van der Waals surface area contributed by atoms with Crippen LogP contribution in [0.4, 0.5) is 5.82 Å². The minimum Gasteiger partial charge on any atom is -0.384 e. The van der Waals surface area contributed by atoms with Gasteiger partial charge in [0.25, 0.3) is 17.4 Å². The van der Waals surface area contributed by atoms with Crippen molar-refractivity contribution in [3.63, 3.8) is 0 Å². The zero-order chi connectivity index (χ0) is 17.7. The number of aryl methyl sites for hydroxylation is 1. The van der Waals surface area contributed by atoms with Gasteiger partial charge in [-0.3, -0.25) is 28.9 Å². The molecule has 3 N–H and O–H groups in total. The summed E-state index contributed by atoms with van der Waals surface area (Å²) in [5.41, 5.74) is 7.82. The number of benzene rings is 1. The molecule has 3 heterocycles. The molecule has 3 aromatic rings. The molecular formula is C17H13N5O3. The molecule has 0 atom stereocenters. The first-order chi connectivity index (χ1) is 12.0. The van der Waals surface area contributed by atoms with E-state index in [0.29, 0.717) is 5.69 Å². The molecule has 0 fully saturated rings. The third-order valence-electron chi connectivity index (χ3n) is 4.10. The molecule has 0 unspecified atom stereocenters. The fourth-order valence-electron chi connectivity index (χ4n) is 2.94. The summed E-state index contributed by atoms with van der Waals surface area (Å²) in [5, 5.41) is 6.28. The Morgan fingerprint density at radius 1 is 1.08 bits per heavy atom. The number of imide groups is 1. The Labute approximate surface area is 141 Å². The van der Waals surface area contributed by atoms with E-state index < -0.39 is 17.4 Å². The molecule has 0 aliphatic carbocycles. The van der Waals surface area contributed by atoms with Crippen LogP contribution in [-0.2, 0) is 7.05 Å². The van der Waals surface area contributed by atoms with Crippen molar-refractivity contribution in [2.75, 3.05) is 5.73 Å². The van der Waals surface area contributed by atoms with Gasteiger partial charge >= 0.3 is 0 Å². The number of nitrogens with one attached hydrogen (secondary N) is 1. The molecule has 1 aliphatic heterocycles. The monoisotopic (exact) mass is 335 g/mol. The van der Waals surface area contributed by atoms with E-state index in [9.17, 15) is 14.4 Å². The summed E-state index contributed by atoms with van der Waals surface area (Å²) in [6.07, 6.45) is 3.56. The number of nitrogens with zero attached hydrogens (tertiary/aromatic N) is 3. The number of nitrogen functional groups attached to an aromatic ring is 1. The molecule has 2 amide bonds. The molecule has 124 valence electrons. The van der Waals surface area contributed by atoms with Gasteiger partial charge in [0, 0.05) is 24.9 Å². The molecule has 2 aromatic heterocycles. The quantitative estimate of drug-likeness (QED) is 0.670. The van der Waals surface area contributed by atoms with Crippen LogP contribution in [0, 0.1) is 0 Å². The van der Waals surface area contributed by atoms with Gasteiger partial charge in [-0.2, -0.15) is 5.10 Å². The Hall–Kier alpha value is -3.68. The van der Waals surface area contributed by atoms with E-state index in [2.05, 4.69) is 10.4 Å². The van der Waals surface area contributed by atoms with Gasteiger partial charge in [-0.05, 0) is 17.7 Å². The van der Waals surface area contributed by atoms with Gasteiger partial charge in [-0.25, -0.2) is 0 Å². The Bertz CT molecular complexity index is 1110. The Morgan fingerprint density at radius 2 is 1.88 bits per heavy atom. The molecule has 8 heteroatoms. The fraction of sp³-hybridized carbons (Fsp3) is 0.0588. The van der Waals surface area contributed by atoms with E-state index >= 15 is 0 Å². The van der Waals surface area contributed by atoms with Crippen LogP contribution in [-0.4, -0.2) is 26.2 Å². The number of nitrogens with two attached hydrogens (primary N) is 1. The van der Waals surface area contributed by atoms with Crippen molar-refractivity contribution in [3.8, 4) is 16.8 Å². The van der Waals surface area contributed by atoms with Gasteiger partial charge in [0.15, 0.2) is 0 Å². The highest BCUT2D eigenvalue weighted by Crippen LogP contribution is 2.25. The normalized spacial score (nSPS) is 13.0. The van der Waals surface area contributed by atoms with Crippen LogP contribution in [0.25, 0.3) is 16.8 Å². The zero-order valence-corrected chi connectivity index (χ0v) is 13.2. The average Bonchev–Trinajstić information content (AvgIpc) is 3.12. The number of hydrogen-bond acceptors (Lipinski definition) is 5. The summed E-state index contributed by atoms with van der Waals surface area (Å²) in [7, 11) is 1.81. The lowest BCUT2D eigenvalue weighted by atomic mass is 10.1. The van der Waals surface area contributed by atoms with Gasteiger partial charge in [0.05, 0.1) is 23.0 Å². The highest BCUT2D eigenvalue weighted by molar-refractivity contribution is 6.23. The lowest BCUT2D eigenvalue weighted by molar-refractivity contribution is 0.0880. The third-order valence-corrected chi connectivity index (χ3v) is 4.10. The van der Waals surface area contributed by atoms with Gasteiger partial charge in [-0.15, -0.1) is 0 Å². The first kappa shape index (κ1) is 14.9. The van der Waals surface area contributed by atoms with Gasteiger partial charge < -0.3 is 5.73 Å². The number of fused-ring (bicyclic) bond motifs is 1. The minimum atomic E-state index is -0.611. The van der Waals surface area contributed by atoms with Crippen molar-refractivity contribution in [2.24, 2.45) is 7.05 Å². The summed E-state index contributed by atoms with van der Waals surface area (Å²) in [6, 6.07) is 8.27. The van der Waals surface area contributed by atoms with Crippen LogP contribution in [0.2, 0.25) is 0 Å². The molecule has 1 aliphatic rings. The molecule has 1 aromatic carbocycles. The summed E-state index contributed by atoms with van der Waals surface area (Å²) in [5.74, 6) is -1.27. The number of pyridine rings is 1. The molecule has 0 bridgehead atoms. The predicted molar refractivity (Wildman–Crippen MR) is 90.5 cm³/mol. The van der Waals surface area contributed by atoms with Crippen molar-refractivity contribution >= 4 is 17.6 Å². The van der Waals surface area contributed by atoms with Crippen LogP contribution in [0.5, 0.6) is 0 Å². The van der Waals surface area contributed by atoms with Gasteiger partial charge in [0.2, 0.25) is 0 Å². The van der Waals surface area contributed by atoms with Crippen LogP contribution < -0.4 is 16.6 Å². The number of rotatable bonds is 2. The Morgan fingerprint density at radius 3 is 2.60 bits per heavy atom. The molecule has 0 radical (unpaired) electrons. The molecule has 25 heavy (non-hydrogen) atoms. The van der Waals surface area contributed by atoms with E-state index in [1.54, 1.807) is 29.1 Å². The van der Waals surface area contributed by atoms with Gasteiger partial charge in [-0.1, -0.05) is 12.1 Å². The molecule has 0 spiro atoms. The number of hydrogen-bond donors (Lipinski definition) is 2. The number of anilines is 1. The molecular weight excluding hydrogens is 322 g/mol. The maximum Gasteiger partial charge on any atom is 0.262 e. The lowest BCUT2D eigenvalue weighted by Gasteiger charge is -2.12. The smallest absolute Gasteiger partial charge is 0.262 e. The first-order valence-electron chi connectivity index (χ1n) is 7.46. The number of amides is 2. The first-order valence-corrected chi connectivity index (χ1v) is 7.46. The largest absolute Gasteiger partial charge is 0.384 e. The van der Waals surface area contributed by atoms with Crippen LogP contribution in [0.3, 0.4) is 0 Å². The second-order valence-corrected chi connectivity index (χ2v) is 5.73. The zero-order valence-electron chi connectivity index (χ0n) is 13.2. The van der Waals surface area contributed by atoms with Crippen molar-refractivity contribution in [1.82, 2.24) is 19.7 Å². The third kappa shape index (κ3) is 2.23. The SMILES string of the molecule is Cn1cc(-c2cccc(-n3c(N)c4c(cc3=O)C(=O)NC4=O)c2)cn1. The van der Waals surface area contributed by atoms with Crippen molar-refractivity contribution < 1.29 is 9.59 Å². The van der Waals surface area contributed by atoms with E-state index in [4.69, 9.17) is 5.73 Å². The summed E-state index contributed by atoms with van der Waals surface area (Å²) in [6.45, 7) is 0. The van der Waals surface area contributed by atoms with Gasteiger partial charge in [0.1, 0.15) is 5.82 Å². The second kappa shape index (κ2) is 5.17. The van der Waals surface area contributed by atoms with Crippen LogP contribution in [0.15, 0.2) is 47.5 Å². The highest BCUT2D eigenvalue weighted by Gasteiger charge is 2.31. The van der Waals surface area contributed by atoms with Crippen molar-refractivity contribution in [2.45, 2.75) is 0 Å². The molecule has 4 rings (SSSR count). The molecule has 0 saturated carbocycles. The van der Waals surface area contributed by atoms with Crippen molar-refractivity contribution in [1.29, 1.82) is 0 Å². The molecule has 0 saturated heterocycles. The summed E-state index contributed by atoms with van der Waals surface area (Å²) >= 11 is 0. The van der Waals surface area contributed by atoms with E-state index in [1.165, 1.54) is 4.57 Å². The molecule has 8 nitrogen and oxygen atoms in total. The van der Waals surface area contributed by atoms with E-state index in [1.807, 2.05) is 19.3 Å². The average molecular weight is 335 g/mol. The number of aromatic nitrogens is 3. The summed E-state index contributed by atoms with van der Waals surface area (Å²) in [4.78, 5) is 36.1. The van der Waals surface area contributed by atoms with E-state index in [-0.39, 0.29) is 16.9 Å². The fourth-order valence-corrected chi connectivity index (χ4v) is 2.94. The Balaban J connectivity index is 1.92.